The molecule has 1 atom stereocenters. The number of rotatable bonds is 7. The van der Waals surface area contributed by atoms with Gasteiger partial charge in [-0.2, -0.15) is 4.98 Å². The Morgan fingerprint density at radius 3 is 2.55 bits per heavy atom. The highest BCUT2D eigenvalue weighted by atomic mass is 32.2. The smallest absolute Gasteiger partial charge is 0.268 e. The second kappa shape index (κ2) is 11.6. The molecule has 0 N–H and O–H groups in total. The van der Waals surface area contributed by atoms with Crippen LogP contribution in [-0.2, 0) is 14.8 Å². The maximum Gasteiger partial charge on any atom is 0.268 e. The van der Waals surface area contributed by atoms with Gasteiger partial charge in [-0.15, -0.1) is 0 Å². The van der Waals surface area contributed by atoms with Crippen LogP contribution in [0.3, 0.4) is 0 Å². The molecule has 2 saturated carbocycles. The normalized spacial score (nSPS) is 20.8. The van der Waals surface area contributed by atoms with Crippen molar-refractivity contribution in [2.75, 3.05) is 24.8 Å². The summed E-state index contributed by atoms with van der Waals surface area (Å²) in [7, 11) is -2.91. The highest BCUT2D eigenvalue weighted by Gasteiger charge is 2.56. The molecule has 11 heteroatoms. The van der Waals surface area contributed by atoms with Crippen LogP contribution in [0.25, 0.3) is 11.3 Å². The van der Waals surface area contributed by atoms with E-state index in [4.69, 9.17) is 9.47 Å². The SMILES string of the molecule is COCN1c2nc(cc(-c3c(C)cccc3C=O)n2)OC[C@@H](CC(C)C)N(C2CC3(CC3)C2)C(=O)c2cccc(c2)S1(=O)=O. The Morgan fingerprint density at radius 1 is 1.11 bits per heavy atom. The maximum absolute atomic E-state index is 14.3. The molecule has 10 nitrogen and oxygen atoms in total. The minimum Gasteiger partial charge on any atom is -0.475 e. The molecule has 0 radical (unpaired) electrons. The fourth-order valence-corrected chi connectivity index (χ4v) is 7.94. The zero-order valence-corrected chi connectivity index (χ0v) is 26.3. The average molecular weight is 619 g/mol. The van der Waals surface area contributed by atoms with E-state index in [1.807, 2.05) is 17.9 Å². The topological polar surface area (TPSA) is 119 Å². The molecule has 2 aliphatic carbocycles. The van der Waals surface area contributed by atoms with Crippen molar-refractivity contribution >= 4 is 28.2 Å². The number of carbonyl (C=O) groups is 2. The van der Waals surface area contributed by atoms with E-state index in [1.54, 1.807) is 30.3 Å². The van der Waals surface area contributed by atoms with Gasteiger partial charge in [-0.1, -0.05) is 38.1 Å². The molecule has 44 heavy (non-hydrogen) atoms. The minimum absolute atomic E-state index is 0.0476. The van der Waals surface area contributed by atoms with Crippen LogP contribution < -0.4 is 9.04 Å². The van der Waals surface area contributed by atoms with Gasteiger partial charge >= 0.3 is 0 Å². The summed E-state index contributed by atoms with van der Waals surface area (Å²) in [5.74, 6) is 0.0404. The Bertz CT molecular complexity index is 1700. The van der Waals surface area contributed by atoms with E-state index in [2.05, 4.69) is 23.8 Å². The van der Waals surface area contributed by atoms with Gasteiger partial charge in [0.25, 0.3) is 15.9 Å². The number of aryl methyl sites for hydroxylation is 1. The first-order valence-corrected chi connectivity index (χ1v) is 16.5. The molecule has 232 valence electrons. The first kappa shape index (κ1) is 30.2. The van der Waals surface area contributed by atoms with Crippen molar-refractivity contribution in [3.05, 3.63) is 65.2 Å². The summed E-state index contributed by atoms with van der Waals surface area (Å²) in [6, 6.07) is 12.9. The Balaban J connectivity index is 1.54. The summed E-state index contributed by atoms with van der Waals surface area (Å²) in [5.41, 5.74) is 2.73. The van der Waals surface area contributed by atoms with Crippen molar-refractivity contribution in [3.8, 4) is 17.1 Å². The van der Waals surface area contributed by atoms with Gasteiger partial charge in [0.05, 0.1) is 16.6 Å². The van der Waals surface area contributed by atoms with Gasteiger partial charge < -0.3 is 14.4 Å². The van der Waals surface area contributed by atoms with Crippen molar-refractivity contribution in [3.63, 3.8) is 0 Å². The lowest BCUT2D eigenvalue weighted by Crippen LogP contribution is -2.55. The fourth-order valence-electron chi connectivity index (χ4n) is 6.62. The van der Waals surface area contributed by atoms with Crippen molar-refractivity contribution < 1.29 is 27.5 Å². The average Bonchev–Trinajstić information content (AvgIpc) is 3.78. The molecule has 1 amide bonds. The first-order valence-electron chi connectivity index (χ1n) is 15.1. The van der Waals surface area contributed by atoms with Crippen LogP contribution >= 0.6 is 0 Å². The van der Waals surface area contributed by atoms with E-state index in [0.29, 0.717) is 34.2 Å². The number of aldehydes is 1. The van der Waals surface area contributed by atoms with Crippen LogP contribution in [0.5, 0.6) is 5.88 Å². The molecule has 2 fully saturated rings. The Kier molecular flexibility index (Phi) is 7.96. The third-order valence-electron chi connectivity index (χ3n) is 9.00. The number of methoxy groups -OCH3 is 1. The lowest BCUT2D eigenvalue weighted by Gasteiger charge is -2.47. The van der Waals surface area contributed by atoms with Crippen molar-refractivity contribution in [2.24, 2.45) is 11.3 Å². The lowest BCUT2D eigenvalue weighted by atomic mass is 9.75. The zero-order chi connectivity index (χ0) is 31.2. The number of benzene rings is 2. The van der Waals surface area contributed by atoms with E-state index in [0.717, 1.165) is 29.0 Å². The number of nitrogens with zero attached hydrogens (tertiary/aromatic N) is 4. The third-order valence-corrected chi connectivity index (χ3v) is 10.7. The number of hydrogen-bond acceptors (Lipinski definition) is 8. The second-order valence-corrected chi connectivity index (χ2v) is 14.6. The molecule has 1 aliphatic heterocycles. The Hall–Kier alpha value is -3.83. The van der Waals surface area contributed by atoms with Gasteiger partial charge in [-0.25, -0.2) is 17.7 Å². The second-order valence-electron chi connectivity index (χ2n) is 12.7. The lowest BCUT2D eigenvalue weighted by molar-refractivity contribution is 0.00918. The molecule has 0 saturated heterocycles. The number of anilines is 1. The third kappa shape index (κ3) is 5.59. The number of fused-ring (bicyclic) bond motifs is 4. The first-order chi connectivity index (χ1) is 21.0. The van der Waals surface area contributed by atoms with E-state index in [-0.39, 0.29) is 54.0 Å². The molecule has 4 bridgehead atoms. The van der Waals surface area contributed by atoms with Gasteiger partial charge in [-0.3, -0.25) is 9.59 Å². The molecular formula is C33H38N4O6S. The van der Waals surface area contributed by atoms with Crippen LogP contribution in [0.15, 0.2) is 53.4 Å². The quantitative estimate of drug-likeness (QED) is 0.329. The highest BCUT2D eigenvalue weighted by Crippen LogP contribution is 2.62. The predicted molar refractivity (Wildman–Crippen MR) is 165 cm³/mol. The van der Waals surface area contributed by atoms with Crippen LogP contribution in [0, 0.1) is 18.3 Å². The molecule has 3 aromatic rings. The summed E-state index contributed by atoms with van der Waals surface area (Å²) < 4.78 is 41.0. The summed E-state index contributed by atoms with van der Waals surface area (Å²) in [6.45, 7) is 5.86. The predicted octanol–water partition coefficient (Wildman–Crippen LogP) is 5.26. The molecule has 3 aliphatic rings. The number of hydrogen-bond donors (Lipinski definition) is 0. The molecule has 6 rings (SSSR count). The summed E-state index contributed by atoms with van der Waals surface area (Å²) in [4.78, 5) is 37.4. The van der Waals surface area contributed by atoms with Crippen LogP contribution in [0.1, 0.15) is 72.2 Å². The fraction of sp³-hybridized carbons (Fsp3) is 0.455. The summed E-state index contributed by atoms with van der Waals surface area (Å²) >= 11 is 0. The van der Waals surface area contributed by atoms with E-state index in [9.17, 15) is 18.0 Å². The van der Waals surface area contributed by atoms with Crippen LogP contribution in [-0.4, -0.2) is 68.0 Å². The van der Waals surface area contributed by atoms with Gasteiger partial charge in [0.2, 0.25) is 11.8 Å². The van der Waals surface area contributed by atoms with Crippen molar-refractivity contribution in [1.29, 1.82) is 0 Å². The van der Waals surface area contributed by atoms with E-state index >= 15 is 0 Å². The summed E-state index contributed by atoms with van der Waals surface area (Å²) in [5, 5.41) is 0. The van der Waals surface area contributed by atoms with Crippen LogP contribution in [0.2, 0.25) is 0 Å². The minimum atomic E-state index is -4.29. The molecule has 0 unspecified atom stereocenters. The number of sulfonamides is 1. The standard InChI is InChI=1S/C33H38N4O6S/c1-21(2)13-25-19-43-29-15-28(30-22(3)7-5-9-24(30)18-38)34-32(35-29)36(20-42-4)44(40,41)27-10-6-8-23(14-27)31(39)37(25)26-16-33(17-26)11-12-33/h5-10,14-15,18,21,25-26H,11-13,16-17,19-20H2,1-4H3/t25-/m1/s1. The molecule has 1 spiro atoms. The van der Waals surface area contributed by atoms with Gasteiger partial charge in [0.1, 0.15) is 13.3 Å². The molecular weight excluding hydrogens is 580 g/mol. The number of ether oxygens (including phenoxy) is 2. The number of carbonyl (C=O) groups excluding carboxylic acids is 2. The van der Waals surface area contributed by atoms with Crippen LogP contribution in [0.4, 0.5) is 5.95 Å². The van der Waals surface area contributed by atoms with E-state index in [1.165, 1.54) is 32.1 Å². The van der Waals surface area contributed by atoms with Gasteiger partial charge in [0.15, 0.2) is 6.29 Å². The van der Waals surface area contributed by atoms with Gasteiger partial charge in [0, 0.05) is 35.9 Å². The van der Waals surface area contributed by atoms with Gasteiger partial charge in [-0.05, 0) is 74.1 Å². The number of amides is 1. The zero-order valence-electron chi connectivity index (χ0n) is 25.5. The monoisotopic (exact) mass is 618 g/mol. The highest BCUT2D eigenvalue weighted by molar-refractivity contribution is 7.92. The maximum atomic E-state index is 14.3. The Labute approximate surface area is 258 Å². The summed E-state index contributed by atoms with van der Waals surface area (Å²) in [6.07, 6.45) is 5.70. The van der Waals surface area contributed by atoms with E-state index < -0.39 is 10.0 Å². The van der Waals surface area contributed by atoms with Crippen molar-refractivity contribution in [2.45, 2.75) is 69.9 Å². The Morgan fingerprint density at radius 2 is 1.86 bits per heavy atom. The molecule has 2 heterocycles. The molecule has 2 aromatic carbocycles. The molecule has 1 aromatic heterocycles. The largest absolute Gasteiger partial charge is 0.475 e. The van der Waals surface area contributed by atoms with Crippen molar-refractivity contribution in [1.82, 2.24) is 14.9 Å². The number of aromatic nitrogens is 2.